The van der Waals surface area contributed by atoms with Crippen molar-refractivity contribution in [2.45, 2.75) is 4.90 Å². The molecule has 6 nitrogen and oxygen atoms in total. The summed E-state index contributed by atoms with van der Waals surface area (Å²) in [6, 6.07) is 10.6. The Morgan fingerprint density at radius 3 is 2.47 bits per heavy atom. The summed E-state index contributed by atoms with van der Waals surface area (Å²) < 4.78 is 28.0. The molecule has 2 aromatic rings. The van der Waals surface area contributed by atoms with Crippen molar-refractivity contribution in [2.24, 2.45) is 5.73 Å². The summed E-state index contributed by atoms with van der Waals surface area (Å²) in [7, 11) is -4.09. The van der Waals surface area contributed by atoms with Crippen molar-refractivity contribution >= 4 is 26.9 Å². The Kier molecular flexibility index (Phi) is 5.33. The summed E-state index contributed by atoms with van der Waals surface area (Å²) in [4.78, 5) is 10.4. The van der Waals surface area contributed by atoms with Crippen LogP contribution in [0.15, 0.2) is 47.4 Å². The third-order valence-corrected chi connectivity index (χ3v) is 3.47. The van der Waals surface area contributed by atoms with Crippen LogP contribution >= 0.6 is 0 Å². The third kappa shape index (κ3) is 3.68. The van der Waals surface area contributed by atoms with Gasteiger partial charge in [-0.15, -0.1) is 4.28 Å². The van der Waals surface area contributed by atoms with Gasteiger partial charge in [0.15, 0.2) is 0 Å². The molecule has 0 fully saturated rings. The second-order valence-corrected chi connectivity index (χ2v) is 5.00. The largest absolute Gasteiger partial charge is 1.00 e. The topological polar surface area (TPSA) is 98.5 Å². The summed E-state index contributed by atoms with van der Waals surface area (Å²) in [5.74, 6) is 0. The van der Waals surface area contributed by atoms with Gasteiger partial charge in [0.05, 0.1) is 0 Å². The van der Waals surface area contributed by atoms with Crippen molar-refractivity contribution in [3.63, 3.8) is 0 Å². The van der Waals surface area contributed by atoms with Crippen LogP contribution in [0.4, 0.5) is 4.79 Å². The van der Waals surface area contributed by atoms with Crippen molar-refractivity contribution in [2.75, 3.05) is 0 Å². The predicted molar refractivity (Wildman–Crippen MR) is 66.0 cm³/mol. The normalized spacial score (nSPS) is 10.7. The van der Waals surface area contributed by atoms with Gasteiger partial charge >= 0.3 is 45.7 Å². The van der Waals surface area contributed by atoms with E-state index in [1.165, 1.54) is 6.07 Å². The van der Waals surface area contributed by atoms with Crippen LogP contribution in [0.2, 0.25) is 0 Å². The summed E-state index contributed by atoms with van der Waals surface area (Å²) in [6.45, 7) is 0. The van der Waals surface area contributed by atoms with Gasteiger partial charge in [0.25, 0.3) is 0 Å². The Balaban J connectivity index is 0.00000180. The van der Waals surface area contributed by atoms with E-state index < -0.39 is 16.1 Å². The zero-order chi connectivity index (χ0) is 13.2. The van der Waals surface area contributed by atoms with Crippen molar-refractivity contribution in [3.05, 3.63) is 42.5 Å². The molecule has 0 unspecified atom stereocenters. The van der Waals surface area contributed by atoms with Crippen molar-refractivity contribution in [3.8, 4) is 0 Å². The fourth-order valence-corrected chi connectivity index (χ4v) is 2.54. The first kappa shape index (κ1) is 15.9. The molecule has 96 valence electrons. The molecule has 0 radical (unpaired) electrons. The van der Waals surface area contributed by atoms with Crippen molar-refractivity contribution in [1.82, 2.24) is 5.48 Å². The van der Waals surface area contributed by atoms with Crippen LogP contribution in [0.3, 0.4) is 0 Å². The fourth-order valence-electron chi connectivity index (χ4n) is 1.55. The van der Waals surface area contributed by atoms with Gasteiger partial charge in [0.2, 0.25) is 0 Å². The van der Waals surface area contributed by atoms with Crippen LogP contribution < -0.4 is 40.8 Å². The Labute approximate surface area is 133 Å². The maximum Gasteiger partial charge on any atom is 1.00 e. The average Bonchev–Trinajstić information content (AvgIpc) is 2.36. The number of hydrogen-bond donors (Lipinski definition) is 2. The Hall–Kier alpha value is -1.12. The number of benzene rings is 2. The molecule has 0 heterocycles. The molecule has 0 saturated carbocycles. The number of urea groups is 1. The molecule has 8 heteroatoms. The first-order chi connectivity index (χ1) is 8.50. The van der Waals surface area contributed by atoms with Crippen LogP contribution in [-0.2, 0) is 14.4 Å². The Morgan fingerprint density at radius 2 is 1.79 bits per heavy atom. The number of hydrogen-bond acceptors (Lipinski definition) is 4. The van der Waals surface area contributed by atoms with E-state index in [1.807, 2.05) is 0 Å². The van der Waals surface area contributed by atoms with Gasteiger partial charge in [-0.25, -0.2) is 4.79 Å². The SMILES string of the molecule is NC(=O)NOS(=O)(=O)c1cccc2ccccc12.[H-].[Na+]. The van der Waals surface area contributed by atoms with E-state index in [9.17, 15) is 13.2 Å². The molecule has 0 aliphatic rings. The number of rotatable bonds is 3. The number of nitrogens with two attached hydrogens (primary N) is 1. The smallest absolute Gasteiger partial charge is 1.00 e. The summed E-state index contributed by atoms with van der Waals surface area (Å²) in [6.07, 6.45) is 0. The number of fused-ring (bicyclic) bond motifs is 1. The second kappa shape index (κ2) is 6.36. The van der Waals surface area contributed by atoms with Crippen molar-refractivity contribution in [1.29, 1.82) is 0 Å². The predicted octanol–water partition coefficient (Wildman–Crippen LogP) is -1.76. The van der Waals surface area contributed by atoms with Crippen LogP contribution in [0, 0.1) is 0 Å². The van der Waals surface area contributed by atoms with E-state index in [2.05, 4.69) is 4.28 Å². The van der Waals surface area contributed by atoms with Gasteiger partial charge < -0.3 is 7.16 Å². The van der Waals surface area contributed by atoms with Gasteiger partial charge in [-0.2, -0.15) is 13.9 Å². The van der Waals surface area contributed by atoms with E-state index in [0.29, 0.717) is 5.39 Å². The number of amides is 2. The summed E-state index contributed by atoms with van der Waals surface area (Å²) in [5.41, 5.74) is 6.35. The summed E-state index contributed by atoms with van der Waals surface area (Å²) >= 11 is 0. The molecule has 2 aromatic carbocycles. The van der Waals surface area contributed by atoms with Gasteiger partial charge in [0.1, 0.15) is 4.90 Å². The molecule has 2 amide bonds. The molecule has 0 aromatic heterocycles. The quantitative estimate of drug-likeness (QED) is 0.517. The zero-order valence-corrected chi connectivity index (χ0v) is 13.0. The molecule has 0 aliphatic heterocycles. The number of hydroxylamine groups is 1. The third-order valence-electron chi connectivity index (χ3n) is 2.27. The molecule has 0 aliphatic carbocycles. The number of primary amides is 1. The van der Waals surface area contributed by atoms with Crippen LogP contribution in [0.1, 0.15) is 1.43 Å². The fraction of sp³-hybridized carbons (Fsp3) is 0. The van der Waals surface area contributed by atoms with Crippen LogP contribution in [0.25, 0.3) is 10.8 Å². The van der Waals surface area contributed by atoms with Gasteiger partial charge in [-0.05, 0) is 11.5 Å². The zero-order valence-electron chi connectivity index (χ0n) is 11.2. The van der Waals surface area contributed by atoms with E-state index >= 15 is 0 Å². The minimum Gasteiger partial charge on any atom is -1.00 e. The maximum absolute atomic E-state index is 11.9. The minimum atomic E-state index is -4.09. The van der Waals surface area contributed by atoms with E-state index in [1.54, 1.807) is 41.9 Å². The Morgan fingerprint density at radius 1 is 1.16 bits per heavy atom. The number of carbonyl (C=O) groups excluding carboxylic acids is 1. The molecule has 19 heavy (non-hydrogen) atoms. The van der Waals surface area contributed by atoms with E-state index in [-0.39, 0.29) is 35.9 Å². The number of carbonyl (C=O) groups is 1. The van der Waals surface area contributed by atoms with Gasteiger partial charge in [-0.1, -0.05) is 36.4 Å². The summed E-state index contributed by atoms with van der Waals surface area (Å²) in [5, 5.41) is 1.26. The monoisotopic (exact) mass is 290 g/mol. The molecular weight excluding hydrogens is 279 g/mol. The van der Waals surface area contributed by atoms with E-state index in [4.69, 9.17) is 5.73 Å². The van der Waals surface area contributed by atoms with Gasteiger partial charge in [0, 0.05) is 5.39 Å². The molecule has 0 atom stereocenters. The second-order valence-electron chi connectivity index (χ2n) is 3.48. The van der Waals surface area contributed by atoms with Crippen LogP contribution in [-0.4, -0.2) is 14.4 Å². The van der Waals surface area contributed by atoms with E-state index in [0.717, 1.165) is 5.39 Å². The molecular formula is C11H11N2NaO4S. The molecule has 0 saturated heterocycles. The van der Waals surface area contributed by atoms with Gasteiger partial charge in [-0.3, -0.25) is 0 Å². The Bertz CT molecular complexity index is 703. The molecule has 2 rings (SSSR count). The van der Waals surface area contributed by atoms with Crippen molar-refractivity contribution < 1.29 is 48.5 Å². The molecule has 3 N–H and O–H groups in total. The average molecular weight is 290 g/mol. The maximum atomic E-state index is 11.9. The standard InChI is InChI=1S/C11H10N2O4S.Na.H/c12-11(14)13-17-18(15,16)10-7-3-5-8-4-1-2-6-9(8)10;;/h1-7H,(H3,12,13,14);;/q;+1;-1. The minimum absolute atomic E-state index is 0. The molecule has 0 bridgehead atoms. The van der Waals surface area contributed by atoms with Crippen LogP contribution in [0.5, 0.6) is 0 Å². The number of nitrogens with one attached hydrogen (secondary N) is 1. The molecule has 0 spiro atoms. The first-order valence-corrected chi connectivity index (χ1v) is 6.38. The first-order valence-electron chi connectivity index (χ1n) is 4.97.